The van der Waals surface area contributed by atoms with Crippen LogP contribution >= 0.6 is 0 Å². The number of rotatable bonds is 5. The minimum Gasteiger partial charge on any atom is -0.497 e. The molecule has 0 saturated carbocycles. The molecule has 3 aromatic rings. The Bertz CT molecular complexity index is 870. The maximum Gasteiger partial charge on any atom is 0.119 e. The Hall–Kier alpha value is -2.33. The molecule has 2 aromatic carbocycles. The number of nitrogens with zero attached hydrogens (tertiary/aromatic N) is 1. The van der Waals surface area contributed by atoms with Gasteiger partial charge in [-0.3, -0.25) is 5.10 Å². The van der Waals surface area contributed by atoms with Gasteiger partial charge in [0.25, 0.3) is 0 Å². The summed E-state index contributed by atoms with van der Waals surface area (Å²) in [7, 11) is 1.71. The molecule has 0 fully saturated rings. The first-order valence-electron chi connectivity index (χ1n) is 9.11. The van der Waals surface area contributed by atoms with Crippen molar-refractivity contribution in [1.29, 1.82) is 0 Å². The summed E-state index contributed by atoms with van der Waals surface area (Å²) in [5.74, 6) is 0.906. The molecule has 0 spiro atoms. The van der Waals surface area contributed by atoms with Gasteiger partial charge in [-0.15, -0.1) is 0 Å². The van der Waals surface area contributed by atoms with Crippen molar-refractivity contribution in [2.24, 2.45) is 0 Å². The predicted octanol–water partition coefficient (Wildman–Crippen LogP) is 4.17. The van der Waals surface area contributed by atoms with E-state index in [9.17, 15) is 0 Å². The van der Waals surface area contributed by atoms with E-state index >= 15 is 0 Å². The molecule has 0 saturated heterocycles. The van der Waals surface area contributed by atoms with Gasteiger partial charge in [-0.2, -0.15) is 5.10 Å². The number of aromatic amines is 1. The third-order valence-electron chi connectivity index (χ3n) is 5.34. The van der Waals surface area contributed by atoms with Gasteiger partial charge in [-0.05, 0) is 65.8 Å². The number of benzene rings is 2. The molecule has 0 amide bonds. The van der Waals surface area contributed by atoms with E-state index in [4.69, 9.17) is 4.74 Å². The van der Waals surface area contributed by atoms with E-state index in [0.717, 1.165) is 31.4 Å². The van der Waals surface area contributed by atoms with Crippen molar-refractivity contribution in [3.05, 3.63) is 59.4 Å². The summed E-state index contributed by atoms with van der Waals surface area (Å²) in [5.41, 5.74) is 4.04. The van der Waals surface area contributed by atoms with Gasteiger partial charge in [0.05, 0.1) is 13.3 Å². The number of aromatic nitrogens is 2. The Balaban J connectivity index is 1.53. The average Bonchev–Trinajstić information content (AvgIpc) is 3.13. The molecule has 0 unspecified atom stereocenters. The van der Waals surface area contributed by atoms with Crippen molar-refractivity contribution in [2.75, 3.05) is 7.11 Å². The summed E-state index contributed by atoms with van der Waals surface area (Å²) in [4.78, 5) is 0. The van der Waals surface area contributed by atoms with Crippen LogP contribution in [0.1, 0.15) is 42.6 Å². The van der Waals surface area contributed by atoms with E-state index in [1.807, 2.05) is 12.3 Å². The molecule has 0 bridgehead atoms. The van der Waals surface area contributed by atoms with Gasteiger partial charge >= 0.3 is 0 Å². The van der Waals surface area contributed by atoms with Crippen molar-refractivity contribution >= 4 is 10.8 Å². The molecule has 25 heavy (non-hydrogen) atoms. The molecule has 2 atom stereocenters. The molecule has 0 radical (unpaired) electrons. The monoisotopic (exact) mass is 335 g/mol. The van der Waals surface area contributed by atoms with Gasteiger partial charge in [0.2, 0.25) is 0 Å². The van der Waals surface area contributed by atoms with E-state index in [-0.39, 0.29) is 0 Å². The standard InChI is InChI=1S/C21H25N3O/c1-3-20(23-18-7-9-21-17(11-18)13-22-24-21)16-5-4-15-12-19(25-2)8-6-14(15)10-16/h4-6,8,10,12-13,18,20,23H,3,7,9,11H2,1-2H3,(H,22,24)/t18-,20+/m1/s1. The first kappa shape index (κ1) is 16.2. The van der Waals surface area contributed by atoms with E-state index < -0.39 is 0 Å². The molecule has 1 aliphatic carbocycles. The fourth-order valence-electron chi connectivity index (χ4n) is 3.88. The zero-order valence-electron chi connectivity index (χ0n) is 14.9. The molecule has 4 rings (SSSR count). The second kappa shape index (κ2) is 6.89. The zero-order valence-corrected chi connectivity index (χ0v) is 14.9. The lowest BCUT2D eigenvalue weighted by atomic mass is 9.91. The van der Waals surface area contributed by atoms with Crippen LogP contribution in [0.3, 0.4) is 0 Å². The lowest BCUT2D eigenvalue weighted by Gasteiger charge is -2.28. The van der Waals surface area contributed by atoms with Gasteiger partial charge in [-0.1, -0.05) is 25.1 Å². The van der Waals surface area contributed by atoms with Crippen molar-refractivity contribution in [2.45, 2.75) is 44.7 Å². The summed E-state index contributed by atoms with van der Waals surface area (Å²) in [6.45, 7) is 2.25. The number of methoxy groups -OCH3 is 1. The first-order chi connectivity index (χ1) is 12.3. The summed E-state index contributed by atoms with van der Waals surface area (Å²) in [6.07, 6.45) is 6.37. The highest BCUT2D eigenvalue weighted by Crippen LogP contribution is 2.27. The molecule has 1 aliphatic rings. The van der Waals surface area contributed by atoms with Crippen molar-refractivity contribution in [3.8, 4) is 5.75 Å². The van der Waals surface area contributed by atoms with Crippen molar-refractivity contribution in [3.63, 3.8) is 0 Å². The maximum atomic E-state index is 5.32. The summed E-state index contributed by atoms with van der Waals surface area (Å²) in [6, 6.07) is 13.9. The average molecular weight is 335 g/mol. The normalized spacial score (nSPS) is 18.1. The highest BCUT2D eigenvalue weighted by Gasteiger charge is 2.22. The van der Waals surface area contributed by atoms with Gasteiger partial charge < -0.3 is 10.1 Å². The fourth-order valence-corrected chi connectivity index (χ4v) is 3.88. The van der Waals surface area contributed by atoms with Gasteiger partial charge in [0.15, 0.2) is 0 Å². The summed E-state index contributed by atoms with van der Waals surface area (Å²) in [5, 5.41) is 13.7. The smallest absolute Gasteiger partial charge is 0.119 e. The van der Waals surface area contributed by atoms with E-state index in [2.05, 4.69) is 52.8 Å². The molecule has 2 N–H and O–H groups in total. The Kier molecular flexibility index (Phi) is 4.45. The number of hydrogen-bond donors (Lipinski definition) is 2. The van der Waals surface area contributed by atoms with Gasteiger partial charge in [-0.25, -0.2) is 0 Å². The number of aryl methyl sites for hydroxylation is 1. The lowest BCUT2D eigenvalue weighted by Crippen LogP contribution is -2.37. The predicted molar refractivity (Wildman–Crippen MR) is 101 cm³/mol. The van der Waals surface area contributed by atoms with Crippen LogP contribution in [0.2, 0.25) is 0 Å². The topological polar surface area (TPSA) is 49.9 Å². The zero-order chi connectivity index (χ0) is 17.2. The molecule has 4 nitrogen and oxygen atoms in total. The molecular formula is C21H25N3O. The largest absolute Gasteiger partial charge is 0.497 e. The number of fused-ring (bicyclic) bond motifs is 2. The second-order valence-corrected chi connectivity index (χ2v) is 6.91. The van der Waals surface area contributed by atoms with Gasteiger partial charge in [0.1, 0.15) is 5.75 Å². The van der Waals surface area contributed by atoms with Crippen LogP contribution in [0.25, 0.3) is 10.8 Å². The second-order valence-electron chi connectivity index (χ2n) is 6.91. The quantitative estimate of drug-likeness (QED) is 0.736. The van der Waals surface area contributed by atoms with E-state index in [1.54, 1.807) is 7.11 Å². The highest BCUT2D eigenvalue weighted by molar-refractivity contribution is 5.84. The number of ether oxygens (including phenoxy) is 1. The van der Waals surface area contributed by atoms with Gasteiger partial charge in [0, 0.05) is 17.8 Å². The Morgan fingerprint density at radius 2 is 2.08 bits per heavy atom. The van der Waals surface area contributed by atoms with Crippen LogP contribution in [0.15, 0.2) is 42.6 Å². The van der Waals surface area contributed by atoms with Crippen LogP contribution in [-0.4, -0.2) is 23.3 Å². The number of hydrogen-bond acceptors (Lipinski definition) is 3. The third-order valence-corrected chi connectivity index (χ3v) is 5.34. The third kappa shape index (κ3) is 3.27. The Morgan fingerprint density at radius 3 is 2.92 bits per heavy atom. The molecule has 0 aliphatic heterocycles. The van der Waals surface area contributed by atoms with Crippen LogP contribution in [-0.2, 0) is 12.8 Å². The Morgan fingerprint density at radius 1 is 1.24 bits per heavy atom. The number of H-pyrrole nitrogens is 1. The molecule has 4 heteroatoms. The van der Waals surface area contributed by atoms with E-state index in [0.29, 0.717) is 12.1 Å². The SMILES string of the molecule is CC[C@H](N[C@@H]1CCc2[nH]ncc2C1)c1ccc2cc(OC)ccc2c1. The summed E-state index contributed by atoms with van der Waals surface area (Å²) < 4.78 is 5.32. The van der Waals surface area contributed by atoms with Crippen LogP contribution in [0.4, 0.5) is 0 Å². The Labute approximate surface area is 148 Å². The van der Waals surface area contributed by atoms with Crippen molar-refractivity contribution in [1.82, 2.24) is 15.5 Å². The number of nitrogens with one attached hydrogen (secondary N) is 2. The van der Waals surface area contributed by atoms with Crippen LogP contribution in [0.5, 0.6) is 5.75 Å². The molecule has 130 valence electrons. The minimum atomic E-state index is 0.380. The van der Waals surface area contributed by atoms with Crippen LogP contribution in [0, 0.1) is 0 Å². The van der Waals surface area contributed by atoms with E-state index in [1.165, 1.54) is 27.6 Å². The molecule has 1 aromatic heterocycles. The summed E-state index contributed by atoms with van der Waals surface area (Å²) >= 11 is 0. The molecular weight excluding hydrogens is 310 g/mol. The maximum absolute atomic E-state index is 5.32. The van der Waals surface area contributed by atoms with Crippen molar-refractivity contribution < 1.29 is 4.74 Å². The highest BCUT2D eigenvalue weighted by atomic mass is 16.5. The minimum absolute atomic E-state index is 0.380. The van der Waals surface area contributed by atoms with Crippen LogP contribution < -0.4 is 10.1 Å². The first-order valence-corrected chi connectivity index (χ1v) is 9.11. The molecule has 1 heterocycles. The lowest BCUT2D eigenvalue weighted by molar-refractivity contribution is 0.391. The fraction of sp³-hybridized carbons (Fsp3) is 0.381.